The summed E-state index contributed by atoms with van der Waals surface area (Å²) < 4.78 is 15.8. The Morgan fingerprint density at radius 2 is 2.03 bits per heavy atom. The minimum Gasteiger partial charge on any atom is -0.474 e. The van der Waals surface area contributed by atoms with Gasteiger partial charge in [0.05, 0.1) is 24.7 Å². The van der Waals surface area contributed by atoms with Gasteiger partial charge in [-0.3, -0.25) is 4.79 Å². The summed E-state index contributed by atoms with van der Waals surface area (Å²) in [7, 11) is 1.39. The van der Waals surface area contributed by atoms with Crippen molar-refractivity contribution in [3.05, 3.63) is 46.6 Å². The van der Waals surface area contributed by atoms with Gasteiger partial charge in [-0.25, -0.2) is 4.98 Å². The van der Waals surface area contributed by atoms with Crippen molar-refractivity contribution in [3.63, 3.8) is 0 Å². The number of carbonyl (C=O) groups excluding carboxylic acids is 1. The second kappa shape index (κ2) is 9.26. The Balaban J connectivity index is 1.87. The van der Waals surface area contributed by atoms with Gasteiger partial charge >= 0.3 is 5.97 Å². The van der Waals surface area contributed by atoms with E-state index in [1.54, 1.807) is 12.3 Å². The number of aromatic nitrogens is 3. The molecule has 3 aromatic rings. The molecule has 0 aliphatic heterocycles. The third kappa shape index (κ3) is 4.79. The van der Waals surface area contributed by atoms with Gasteiger partial charge in [0.1, 0.15) is 5.02 Å². The molecule has 7 nitrogen and oxygen atoms in total. The Hall–Kier alpha value is -2.93. The molecule has 0 bridgehead atoms. The van der Waals surface area contributed by atoms with Crippen LogP contribution >= 0.6 is 11.6 Å². The lowest BCUT2D eigenvalue weighted by molar-refractivity contribution is -0.144. The first-order chi connectivity index (χ1) is 14.3. The molecule has 3 rings (SSSR count). The van der Waals surface area contributed by atoms with Crippen molar-refractivity contribution in [2.24, 2.45) is 5.92 Å². The van der Waals surface area contributed by atoms with Crippen LogP contribution in [0.3, 0.4) is 0 Å². The summed E-state index contributed by atoms with van der Waals surface area (Å²) in [6.07, 6.45) is 2.11. The molecule has 0 spiro atoms. The SMILES string of the molecule is COC(=O)C(C)Cc1cccc(-c2noc(-c3cnc(OC(C)C)c(Cl)c3)n2)c1C. The quantitative estimate of drug-likeness (QED) is 0.493. The molecule has 2 heterocycles. The zero-order valence-electron chi connectivity index (χ0n) is 17.6. The first-order valence-electron chi connectivity index (χ1n) is 9.63. The maximum atomic E-state index is 11.8. The van der Waals surface area contributed by atoms with Crippen LogP contribution < -0.4 is 4.74 Å². The van der Waals surface area contributed by atoms with Crippen molar-refractivity contribution in [1.82, 2.24) is 15.1 Å². The highest BCUT2D eigenvalue weighted by atomic mass is 35.5. The summed E-state index contributed by atoms with van der Waals surface area (Å²) >= 11 is 6.26. The zero-order valence-corrected chi connectivity index (χ0v) is 18.4. The van der Waals surface area contributed by atoms with E-state index in [-0.39, 0.29) is 18.0 Å². The lowest BCUT2D eigenvalue weighted by Gasteiger charge is -2.13. The number of carbonyl (C=O) groups is 1. The largest absolute Gasteiger partial charge is 0.474 e. The molecular formula is C22H24ClN3O4. The Morgan fingerprint density at radius 3 is 2.70 bits per heavy atom. The monoisotopic (exact) mass is 429 g/mol. The fourth-order valence-electron chi connectivity index (χ4n) is 3.06. The van der Waals surface area contributed by atoms with Crippen LogP contribution in [-0.4, -0.2) is 34.3 Å². The highest BCUT2D eigenvalue weighted by molar-refractivity contribution is 6.32. The second-order valence-corrected chi connectivity index (χ2v) is 7.73. The van der Waals surface area contributed by atoms with E-state index >= 15 is 0 Å². The lowest BCUT2D eigenvalue weighted by Crippen LogP contribution is -2.15. The Labute approximate surface area is 180 Å². The fourth-order valence-corrected chi connectivity index (χ4v) is 3.27. The van der Waals surface area contributed by atoms with Gasteiger partial charge in [-0.1, -0.05) is 41.9 Å². The number of nitrogens with zero attached hydrogens (tertiary/aromatic N) is 3. The zero-order chi connectivity index (χ0) is 21.8. The van der Waals surface area contributed by atoms with Crippen molar-refractivity contribution < 1.29 is 18.8 Å². The molecule has 158 valence electrons. The van der Waals surface area contributed by atoms with Crippen molar-refractivity contribution in [2.45, 2.75) is 40.2 Å². The number of halogens is 1. The van der Waals surface area contributed by atoms with E-state index < -0.39 is 0 Å². The molecule has 0 saturated carbocycles. The van der Waals surface area contributed by atoms with Crippen molar-refractivity contribution in [3.8, 4) is 28.7 Å². The Kier molecular flexibility index (Phi) is 6.72. The molecule has 2 aromatic heterocycles. The van der Waals surface area contributed by atoms with Gasteiger partial charge in [-0.2, -0.15) is 4.98 Å². The molecule has 0 N–H and O–H groups in total. The first-order valence-corrected chi connectivity index (χ1v) is 10.0. The number of benzene rings is 1. The number of rotatable bonds is 7. The molecule has 0 saturated heterocycles. The summed E-state index contributed by atoms with van der Waals surface area (Å²) in [6.45, 7) is 7.62. The van der Waals surface area contributed by atoms with Gasteiger partial charge in [-0.05, 0) is 44.4 Å². The van der Waals surface area contributed by atoms with Crippen LogP contribution in [0.2, 0.25) is 5.02 Å². The van der Waals surface area contributed by atoms with Crippen LogP contribution in [0.4, 0.5) is 0 Å². The van der Waals surface area contributed by atoms with Gasteiger partial charge in [0.15, 0.2) is 0 Å². The van der Waals surface area contributed by atoms with Crippen LogP contribution in [0.25, 0.3) is 22.8 Å². The number of esters is 1. The van der Waals surface area contributed by atoms with Gasteiger partial charge in [0.25, 0.3) is 5.89 Å². The van der Waals surface area contributed by atoms with Crippen molar-refractivity contribution in [1.29, 1.82) is 0 Å². The molecule has 0 radical (unpaired) electrons. The summed E-state index contributed by atoms with van der Waals surface area (Å²) in [5, 5.41) is 4.49. The minimum absolute atomic E-state index is 0.0343. The molecule has 0 fully saturated rings. The van der Waals surface area contributed by atoms with Gasteiger partial charge in [-0.15, -0.1) is 0 Å². The third-order valence-corrected chi connectivity index (χ3v) is 4.92. The number of hydrogen-bond donors (Lipinski definition) is 0. The maximum Gasteiger partial charge on any atom is 0.308 e. The van der Waals surface area contributed by atoms with Gasteiger partial charge < -0.3 is 14.0 Å². The van der Waals surface area contributed by atoms with Crippen molar-refractivity contribution in [2.75, 3.05) is 7.11 Å². The first kappa shape index (κ1) is 21.8. The average molecular weight is 430 g/mol. The number of methoxy groups -OCH3 is 1. The summed E-state index contributed by atoms with van der Waals surface area (Å²) in [5.41, 5.74) is 3.44. The maximum absolute atomic E-state index is 11.8. The molecule has 1 aromatic carbocycles. The third-order valence-electron chi connectivity index (χ3n) is 4.64. The Bertz CT molecular complexity index is 1050. The van der Waals surface area contributed by atoms with Crippen LogP contribution in [0, 0.1) is 12.8 Å². The summed E-state index contributed by atoms with van der Waals surface area (Å²) in [5.74, 6) is 0.635. The second-order valence-electron chi connectivity index (χ2n) is 7.32. The van der Waals surface area contributed by atoms with E-state index in [4.69, 9.17) is 25.6 Å². The van der Waals surface area contributed by atoms with Gasteiger partial charge in [0.2, 0.25) is 11.7 Å². The van der Waals surface area contributed by atoms with Crippen LogP contribution in [0.5, 0.6) is 5.88 Å². The van der Waals surface area contributed by atoms with Crippen LogP contribution in [0.1, 0.15) is 31.9 Å². The smallest absolute Gasteiger partial charge is 0.308 e. The van der Waals surface area contributed by atoms with Crippen LogP contribution in [-0.2, 0) is 16.0 Å². The van der Waals surface area contributed by atoms with Gasteiger partial charge in [0, 0.05) is 11.8 Å². The fraction of sp³-hybridized carbons (Fsp3) is 0.364. The highest BCUT2D eigenvalue weighted by Crippen LogP contribution is 2.30. The topological polar surface area (TPSA) is 87.3 Å². The van der Waals surface area contributed by atoms with E-state index in [9.17, 15) is 4.79 Å². The molecule has 0 aliphatic carbocycles. The Morgan fingerprint density at radius 1 is 1.27 bits per heavy atom. The standard InChI is InChI=1S/C22H24ClN3O4/c1-12(2)29-21-18(23)10-16(11-24-21)20-25-19(26-30-20)17-8-6-7-15(14(17)4)9-13(3)22(27)28-5/h6-8,10-13H,9H2,1-5H3. The predicted octanol–water partition coefficient (Wildman–Crippen LogP) is 4.90. The molecule has 1 atom stereocenters. The molecule has 0 aliphatic rings. The highest BCUT2D eigenvalue weighted by Gasteiger charge is 2.19. The average Bonchev–Trinajstić information content (AvgIpc) is 3.20. The molecule has 1 unspecified atom stereocenters. The van der Waals surface area contributed by atoms with E-state index in [1.807, 2.05) is 45.9 Å². The number of ether oxygens (including phenoxy) is 2. The molecule has 30 heavy (non-hydrogen) atoms. The lowest BCUT2D eigenvalue weighted by atomic mass is 9.94. The normalized spacial score (nSPS) is 12.1. The summed E-state index contributed by atoms with van der Waals surface area (Å²) in [6, 6.07) is 7.50. The van der Waals surface area contributed by atoms with E-state index in [1.165, 1.54) is 7.11 Å². The minimum atomic E-state index is -0.246. The van der Waals surface area contributed by atoms with E-state index in [0.29, 0.717) is 34.6 Å². The predicted molar refractivity (Wildman–Crippen MR) is 113 cm³/mol. The molecular weight excluding hydrogens is 406 g/mol. The summed E-state index contributed by atoms with van der Waals surface area (Å²) in [4.78, 5) is 20.5. The van der Waals surface area contributed by atoms with Crippen LogP contribution in [0.15, 0.2) is 35.0 Å². The number of hydrogen-bond acceptors (Lipinski definition) is 7. The number of pyridine rings is 1. The van der Waals surface area contributed by atoms with E-state index in [2.05, 4.69) is 15.1 Å². The van der Waals surface area contributed by atoms with Crippen molar-refractivity contribution >= 4 is 17.6 Å². The molecule has 8 heteroatoms. The molecule has 0 amide bonds. The van der Waals surface area contributed by atoms with E-state index in [0.717, 1.165) is 16.7 Å².